The van der Waals surface area contributed by atoms with Crippen LogP contribution in [0, 0.1) is 5.82 Å². The van der Waals surface area contributed by atoms with Crippen molar-refractivity contribution in [2.75, 3.05) is 13.1 Å². The van der Waals surface area contributed by atoms with Gasteiger partial charge in [0.15, 0.2) is 0 Å². The minimum absolute atomic E-state index is 0.258. The van der Waals surface area contributed by atoms with Gasteiger partial charge in [0.25, 0.3) is 5.95 Å². The molecule has 0 unspecified atom stereocenters. The van der Waals surface area contributed by atoms with E-state index in [2.05, 4.69) is 30.2 Å². The van der Waals surface area contributed by atoms with Crippen molar-refractivity contribution in [3.63, 3.8) is 0 Å². The number of pyridine rings is 1. The lowest BCUT2D eigenvalue weighted by molar-refractivity contribution is 0.204. The standard InChI is InChI=1S/C15H18FN7/c16-14-5-13(8-18-9-14)12-1-3-23(4-2-12)10-11-6-19-15(20-7-11)21-22-17/h5-9,12H,1-4,10H2,(H2,17,19,20,21). The predicted molar refractivity (Wildman–Crippen MR) is 82.2 cm³/mol. The summed E-state index contributed by atoms with van der Waals surface area (Å²) in [6.07, 6.45) is 8.46. The van der Waals surface area contributed by atoms with E-state index in [1.165, 1.54) is 6.20 Å². The maximum atomic E-state index is 13.3. The number of hydrogen-bond acceptors (Lipinski definition) is 6. The Balaban J connectivity index is 1.54. The molecule has 0 saturated carbocycles. The molecule has 0 bridgehead atoms. The summed E-state index contributed by atoms with van der Waals surface area (Å²) < 4.78 is 13.3. The fourth-order valence-corrected chi connectivity index (χ4v) is 2.87. The zero-order valence-corrected chi connectivity index (χ0v) is 12.6. The van der Waals surface area contributed by atoms with Gasteiger partial charge in [-0.3, -0.25) is 9.88 Å². The molecule has 2 N–H and O–H groups in total. The van der Waals surface area contributed by atoms with E-state index in [9.17, 15) is 4.39 Å². The summed E-state index contributed by atoms with van der Waals surface area (Å²) in [6, 6.07) is 1.59. The van der Waals surface area contributed by atoms with Crippen LogP contribution >= 0.6 is 0 Å². The van der Waals surface area contributed by atoms with E-state index in [-0.39, 0.29) is 11.8 Å². The lowest BCUT2D eigenvalue weighted by Gasteiger charge is -2.31. The van der Waals surface area contributed by atoms with E-state index >= 15 is 0 Å². The second-order valence-electron chi connectivity index (χ2n) is 5.59. The molecule has 0 amide bonds. The van der Waals surface area contributed by atoms with Gasteiger partial charge >= 0.3 is 0 Å². The number of hydrogen-bond donors (Lipinski definition) is 1. The normalized spacial score (nSPS) is 16.9. The number of rotatable bonds is 4. The molecule has 3 rings (SSSR count). The summed E-state index contributed by atoms with van der Waals surface area (Å²) in [6.45, 7) is 2.69. The Kier molecular flexibility index (Phi) is 4.82. The van der Waals surface area contributed by atoms with E-state index < -0.39 is 0 Å². The van der Waals surface area contributed by atoms with Crippen LogP contribution < -0.4 is 5.84 Å². The van der Waals surface area contributed by atoms with Gasteiger partial charge in [-0.15, -0.1) is 0 Å². The Morgan fingerprint density at radius 2 is 1.91 bits per heavy atom. The van der Waals surface area contributed by atoms with Crippen LogP contribution in [0.25, 0.3) is 0 Å². The van der Waals surface area contributed by atoms with Crippen LogP contribution in [0.1, 0.15) is 29.9 Å². The van der Waals surface area contributed by atoms with Gasteiger partial charge in [0.1, 0.15) is 5.82 Å². The number of nitrogens with two attached hydrogens (primary N) is 1. The van der Waals surface area contributed by atoms with Gasteiger partial charge in [0.2, 0.25) is 0 Å². The molecular weight excluding hydrogens is 297 g/mol. The molecule has 1 fully saturated rings. The van der Waals surface area contributed by atoms with Crippen LogP contribution in [-0.2, 0) is 6.54 Å². The van der Waals surface area contributed by atoms with Gasteiger partial charge < -0.3 is 5.84 Å². The van der Waals surface area contributed by atoms with E-state index in [1.54, 1.807) is 24.7 Å². The van der Waals surface area contributed by atoms with Crippen molar-refractivity contribution in [2.45, 2.75) is 25.3 Å². The number of nitrogens with zero attached hydrogens (tertiary/aromatic N) is 6. The number of halogens is 1. The largest absolute Gasteiger partial charge is 0.304 e. The lowest BCUT2D eigenvalue weighted by Crippen LogP contribution is -2.32. The maximum absolute atomic E-state index is 13.3. The van der Waals surface area contributed by atoms with Crippen LogP contribution in [0.2, 0.25) is 0 Å². The molecule has 7 nitrogen and oxygen atoms in total. The molecular formula is C15H18FN7. The van der Waals surface area contributed by atoms with Crippen LogP contribution in [0.5, 0.6) is 0 Å². The van der Waals surface area contributed by atoms with E-state index in [0.29, 0.717) is 5.92 Å². The smallest absolute Gasteiger partial charge is 0.270 e. The van der Waals surface area contributed by atoms with Gasteiger partial charge in [0, 0.05) is 30.7 Å². The van der Waals surface area contributed by atoms with Gasteiger partial charge in [-0.2, -0.15) is 0 Å². The predicted octanol–water partition coefficient (Wildman–Crippen LogP) is 2.35. The molecule has 0 aliphatic carbocycles. The molecule has 1 aliphatic rings. The lowest BCUT2D eigenvalue weighted by atomic mass is 9.90. The zero-order valence-electron chi connectivity index (χ0n) is 12.6. The summed E-state index contributed by atoms with van der Waals surface area (Å²) in [4.78, 5) is 14.4. The number of piperidine rings is 1. The molecule has 0 radical (unpaired) electrons. The molecule has 2 aromatic heterocycles. The molecule has 3 heterocycles. The summed E-state index contributed by atoms with van der Waals surface area (Å²) in [5.74, 6) is 5.32. The maximum Gasteiger partial charge on any atom is 0.270 e. The minimum Gasteiger partial charge on any atom is -0.304 e. The summed E-state index contributed by atoms with van der Waals surface area (Å²) in [5, 5.41) is 6.73. The highest BCUT2D eigenvalue weighted by atomic mass is 19.1. The molecule has 0 aromatic carbocycles. The zero-order chi connectivity index (χ0) is 16.1. The van der Waals surface area contributed by atoms with Crippen molar-refractivity contribution in [1.82, 2.24) is 19.9 Å². The van der Waals surface area contributed by atoms with Gasteiger partial charge in [-0.1, -0.05) is 10.3 Å². The van der Waals surface area contributed by atoms with Crippen LogP contribution in [-0.4, -0.2) is 32.9 Å². The monoisotopic (exact) mass is 315 g/mol. The Bertz CT molecular complexity index is 666. The molecule has 0 spiro atoms. The van der Waals surface area contributed by atoms with Crippen LogP contribution in [0.4, 0.5) is 10.3 Å². The average molecular weight is 315 g/mol. The van der Waals surface area contributed by atoms with Crippen molar-refractivity contribution in [2.24, 2.45) is 16.2 Å². The summed E-state index contributed by atoms with van der Waals surface area (Å²) >= 11 is 0. The molecule has 23 heavy (non-hydrogen) atoms. The first kappa shape index (κ1) is 15.4. The van der Waals surface area contributed by atoms with Crippen LogP contribution in [0.3, 0.4) is 0 Å². The highest BCUT2D eigenvalue weighted by Crippen LogP contribution is 2.28. The molecule has 1 aliphatic heterocycles. The Labute approximate surface area is 133 Å². The van der Waals surface area contributed by atoms with E-state index in [0.717, 1.165) is 43.6 Å². The van der Waals surface area contributed by atoms with Gasteiger partial charge in [-0.05, 0) is 43.5 Å². The molecule has 2 aromatic rings. The SMILES string of the molecule is NN=Nc1ncc(CN2CCC(c3cncc(F)c3)CC2)cn1. The van der Waals surface area contributed by atoms with E-state index in [4.69, 9.17) is 5.84 Å². The van der Waals surface area contributed by atoms with Gasteiger partial charge in [-0.25, -0.2) is 14.4 Å². The first-order chi connectivity index (χ1) is 11.2. The third kappa shape index (κ3) is 4.04. The Hall–Kier alpha value is -2.48. The third-order valence-electron chi connectivity index (χ3n) is 4.03. The average Bonchev–Trinajstić information content (AvgIpc) is 2.58. The first-order valence-corrected chi connectivity index (χ1v) is 7.49. The Morgan fingerprint density at radius 1 is 1.17 bits per heavy atom. The second kappa shape index (κ2) is 7.19. The molecule has 120 valence electrons. The topological polar surface area (TPSA) is 92.6 Å². The highest BCUT2D eigenvalue weighted by Gasteiger charge is 2.21. The van der Waals surface area contributed by atoms with Crippen molar-refractivity contribution in [1.29, 1.82) is 0 Å². The van der Waals surface area contributed by atoms with Crippen molar-refractivity contribution < 1.29 is 4.39 Å². The van der Waals surface area contributed by atoms with E-state index in [1.807, 2.05) is 0 Å². The fourth-order valence-electron chi connectivity index (χ4n) is 2.87. The van der Waals surface area contributed by atoms with Crippen molar-refractivity contribution in [3.8, 4) is 0 Å². The quantitative estimate of drug-likeness (QED) is 0.531. The molecule has 1 saturated heterocycles. The highest BCUT2D eigenvalue weighted by molar-refractivity contribution is 5.18. The van der Waals surface area contributed by atoms with Gasteiger partial charge in [0.05, 0.1) is 6.20 Å². The van der Waals surface area contributed by atoms with Crippen molar-refractivity contribution >= 4 is 5.95 Å². The molecule has 0 atom stereocenters. The second-order valence-corrected chi connectivity index (χ2v) is 5.59. The summed E-state index contributed by atoms with van der Waals surface area (Å²) in [5.41, 5.74) is 2.01. The number of aromatic nitrogens is 3. The van der Waals surface area contributed by atoms with Crippen molar-refractivity contribution in [3.05, 3.63) is 47.8 Å². The molecule has 8 heteroatoms. The Morgan fingerprint density at radius 3 is 2.57 bits per heavy atom. The first-order valence-electron chi connectivity index (χ1n) is 7.49. The third-order valence-corrected chi connectivity index (χ3v) is 4.03. The summed E-state index contributed by atoms with van der Waals surface area (Å²) in [7, 11) is 0. The van der Waals surface area contributed by atoms with Crippen LogP contribution in [0.15, 0.2) is 41.2 Å². The fraction of sp³-hybridized carbons (Fsp3) is 0.400. The number of likely N-dealkylation sites (tertiary alicyclic amines) is 1. The minimum atomic E-state index is -0.267.